The number of likely N-dealkylation sites (tertiary alicyclic amines) is 1. The number of ether oxygens (including phenoxy) is 1. The van der Waals surface area contributed by atoms with Gasteiger partial charge in [-0.25, -0.2) is 0 Å². The molecule has 0 aliphatic carbocycles. The molecule has 18 heavy (non-hydrogen) atoms. The summed E-state index contributed by atoms with van der Waals surface area (Å²) in [6.07, 6.45) is 1.64. The molecule has 1 aromatic rings. The van der Waals surface area contributed by atoms with E-state index in [0.717, 1.165) is 12.1 Å². The first-order chi connectivity index (χ1) is 8.62. The van der Waals surface area contributed by atoms with Gasteiger partial charge in [0.05, 0.1) is 29.9 Å². The fourth-order valence-electron chi connectivity index (χ4n) is 2.80. The lowest BCUT2D eigenvalue weighted by Crippen LogP contribution is -2.31. The van der Waals surface area contributed by atoms with Crippen molar-refractivity contribution in [3.63, 3.8) is 0 Å². The van der Waals surface area contributed by atoms with Crippen LogP contribution >= 0.6 is 0 Å². The Kier molecular flexibility index (Phi) is 2.44. The van der Waals surface area contributed by atoms with E-state index in [1.54, 1.807) is 6.26 Å². The van der Waals surface area contributed by atoms with Crippen LogP contribution in [0.15, 0.2) is 42.2 Å². The van der Waals surface area contributed by atoms with Crippen LogP contribution in [0.3, 0.4) is 0 Å². The lowest BCUT2D eigenvalue weighted by molar-refractivity contribution is -0.126. The van der Waals surface area contributed by atoms with Gasteiger partial charge >= 0.3 is 0 Å². The number of fused-ring (bicyclic) bond motifs is 1. The molecule has 1 saturated heterocycles. The highest BCUT2D eigenvalue weighted by Crippen LogP contribution is 2.43. The van der Waals surface area contributed by atoms with Crippen LogP contribution < -0.4 is 0 Å². The van der Waals surface area contributed by atoms with Crippen molar-refractivity contribution >= 4 is 5.91 Å². The second-order valence-corrected chi connectivity index (χ2v) is 5.42. The minimum atomic E-state index is -0.125. The first-order valence-electron chi connectivity index (χ1n) is 6.30. The van der Waals surface area contributed by atoms with Crippen LogP contribution in [0.5, 0.6) is 0 Å². The van der Waals surface area contributed by atoms with Gasteiger partial charge in [-0.3, -0.25) is 4.79 Å². The second kappa shape index (κ2) is 3.87. The summed E-state index contributed by atoms with van der Waals surface area (Å²) in [5.41, 5.74) is 1.88. The first kappa shape index (κ1) is 11.3. The number of rotatable bonds is 2. The van der Waals surface area contributed by atoms with Crippen molar-refractivity contribution < 1.29 is 9.53 Å². The Balaban J connectivity index is 1.89. The molecule has 0 N–H and O–H groups in total. The summed E-state index contributed by atoms with van der Waals surface area (Å²) in [6, 6.07) is 10.3. The summed E-state index contributed by atoms with van der Waals surface area (Å²) in [7, 11) is 0. The molecule has 0 spiro atoms. The Hall–Kier alpha value is -1.77. The van der Waals surface area contributed by atoms with E-state index in [0.29, 0.717) is 6.61 Å². The molecule has 1 fully saturated rings. The van der Waals surface area contributed by atoms with E-state index in [-0.39, 0.29) is 17.4 Å². The van der Waals surface area contributed by atoms with E-state index >= 15 is 0 Å². The third-order valence-corrected chi connectivity index (χ3v) is 4.01. The van der Waals surface area contributed by atoms with Crippen LogP contribution in [0.1, 0.15) is 25.5 Å². The third kappa shape index (κ3) is 1.54. The van der Waals surface area contributed by atoms with Crippen molar-refractivity contribution in [1.29, 1.82) is 0 Å². The average Bonchev–Trinajstić information content (AvgIpc) is 2.87. The maximum Gasteiger partial charge on any atom is 0.254 e. The average molecular weight is 243 g/mol. The molecular formula is C15H17NO2. The smallest absolute Gasteiger partial charge is 0.254 e. The molecule has 0 unspecified atom stereocenters. The van der Waals surface area contributed by atoms with Crippen LogP contribution in [-0.4, -0.2) is 24.0 Å². The predicted octanol–water partition coefficient (Wildman–Crippen LogP) is 2.51. The lowest BCUT2D eigenvalue weighted by Gasteiger charge is -2.27. The van der Waals surface area contributed by atoms with Crippen molar-refractivity contribution in [1.82, 2.24) is 4.90 Å². The molecule has 0 saturated carbocycles. The maximum atomic E-state index is 12.4. The Labute approximate surface area is 107 Å². The van der Waals surface area contributed by atoms with Crippen molar-refractivity contribution in [3.05, 3.63) is 47.7 Å². The molecule has 2 heterocycles. The van der Waals surface area contributed by atoms with Gasteiger partial charge in [0.15, 0.2) is 0 Å². The van der Waals surface area contributed by atoms with Gasteiger partial charge in [-0.2, -0.15) is 0 Å². The number of hydrogen-bond donors (Lipinski definition) is 0. The minimum absolute atomic E-state index is 0.113. The fourth-order valence-corrected chi connectivity index (χ4v) is 2.80. The molecule has 1 aromatic carbocycles. The van der Waals surface area contributed by atoms with Crippen molar-refractivity contribution in [2.75, 3.05) is 13.2 Å². The Morgan fingerprint density at radius 2 is 2.06 bits per heavy atom. The van der Waals surface area contributed by atoms with Crippen LogP contribution in [0.4, 0.5) is 0 Å². The lowest BCUT2D eigenvalue weighted by atomic mass is 9.88. The van der Waals surface area contributed by atoms with E-state index in [9.17, 15) is 4.79 Å². The summed E-state index contributed by atoms with van der Waals surface area (Å²) < 4.78 is 5.31. The number of benzene rings is 1. The normalized spacial score (nSPS) is 27.8. The Bertz CT molecular complexity index is 508. The van der Waals surface area contributed by atoms with Gasteiger partial charge in [-0.15, -0.1) is 0 Å². The molecule has 94 valence electrons. The van der Waals surface area contributed by atoms with E-state index in [1.807, 2.05) is 23.1 Å². The number of carbonyl (C=O) groups is 1. The zero-order valence-corrected chi connectivity index (χ0v) is 10.7. The molecule has 0 bridgehead atoms. The van der Waals surface area contributed by atoms with Gasteiger partial charge in [0.2, 0.25) is 0 Å². The zero-order valence-electron chi connectivity index (χ0n) is 10.7. The van der Waals surface area contributed by atoms with Crippen molar-refractivity contribution in [3.8, 4) is 0 Å². The van der Waals surface area contributed by atoms with Gasteiger partial charge in [0.1, 0.15) is 0 Å². The van der Waals surface area contributed by atoms with Crippen LogP contribution in [0.2, 0.25) is 0 Å². The van der Waals surface area contributed by atoms with E-state index < -0.39 is 0 Å². The van der Waals surface area contributed by atoms with Crippen molar-refractivity contribution in [2.45, 2.75) is 19.9 Å². The highest BCUT2D eigenvalue weighted by Gasteiger charge is 2.49. The topological polar surface area (TPSA) is 29.5 Å². The third-order valence-electron chi connectivity index (χ3n) is 4.01. The van der Waals surface area contributed by atoms with Gasteiger partial charge in [0.25, 0.3) is 5.91 Å². The van der Waals surface area contributed by atoms with Gasteiger partial charge in [-0.1, -0.05) is 37.3 Å². The molecular weight excluding hydrogens is 226 g/mol. The summed E-state index contributed by atoms with van der Waals surface area (Å²) in [5.74, 6) is 0.117. The summed E-state index contributed by atoms with van der Waals surface area (Å²) in [6.45, 7) is 5.54. The number of hydrogen-bond acceptors (Lipinski definition) is 2. The molecule has 2 atom stereocenters. The monoisotopic (exact) mass is 243 g/mol. The standard InChI is InChI=1S/C15H17NO2/c1-11(12-6-4-3-5-7-12)16-9-15(2)10-18-8-13(15)14(16)17/h3-8,11H,9-10H2,1-2H3/t11-,15-/m1/s1. The van der Waals surface area contributed by atoms with Gasteiger partial charge in [0, 0.05) is 6.54 Å². The first-order valence-corrected chi connectivity index (χ1v) is 6.30. The molecule has 2 aliphatic heterocycles. The highest BCUT2D eigenvalue weighted by molar-refractivity contribution is 5.97. The molecule has 0 aromatic heterocycles. The van der Waals surface area contributed by atoms with Crippen LogP contribution in [0, 0.1) is 5.41 Å². The largest absolute Gasteiger partial charge is 0.500 e. The van der Waals surface area contributed by atoms with Crippen LogP contribution in [-0.2, 0) is 9.53 Å². The Morgan fingerprint density at radius 3 is 2.72 bits per heavy atom. The maximum absolute atomic E-state index is 12.4. The summed E-state index contributed by atoms with van der Waals surface area (Å²) in [4.78, 5) is 14.3. The molecule has 0 radical (unpaired) electrons. The van der Waals surface area contributed by atoms with E-state index in [4.69, 9.17) is 4.74 Å². The molecule has 2 aliphatic rings. The SMILES string of the molecule is C[C@H](c1ccccc1)N1C[C@]2(C)COC=C2C1=O. The fraction of sp³-hybridized carbons (Fsp3) is 0.400. The summed E-state index contributed by atoms with van der Waals surface area (Å²) >= 11 is 0. The van der Waals surface area contributed by atoms with Gasteiger partial charge < -0.3 is 9.64 Å². The second-order valence-electron chi connectivity index (χ2n) is 5.42. The predicted molar refractivity (Wildman–Crippen MR) is 68.7 cm³/mol. The van der Waals surface area contributed by atoms with Crippen molar-refractivity contribution in [2.24, 2.45) is 5.41 Å². The highest BCUT2D eigenvalue weighted by atomic mass is 16.5. The van der Waals surface area contributed by atoms with Gasteiger partial charge in [-0.05, 0) is 12.5 Å². The number of amides is 1. The number of carbonyl (C=O) groups excluding carboxylic acids is 1. The van der Waals surface area contributed by atoms with E-state index in [2.05, 4.69) is 26.0 Å². The molecule has 3 nitrogen and oxygen atoms in total. The molecule has 3 heteroatoms. The molecule has 1 amide bonds. The van der Waals surface area contributed by atoms with E-state index in [1.165, 1.54) is 5.56 Å². The molecule has 3 rings (SSSR count). The summed E-state index contributed by atoms with van der Waals surface area (Å²) in [5, 5.41) is 0. The minimum Gasteiger partial charge on any atom is -0.500 e. The quantitative estimate of drug-likeness (QED) is 0.798. The van der Waals surface area contributed by atoms with Crippen LogP contribution in [0.25, 0.3) is 0 Å². The number of nitrogens with zero attached hydrogens (tertiary/aromatic N) is 1. The Morgan fingerprint density at radius 1 is 1.33 bits per heavy atom. The zero-order chi connectivity index (χ0) is 12.8.